The van der Waals surface area contributed by atoms with Crippen LogP contribution in [0, 0.1) is 5.21 Å². The maximum atomic E-state index is 11.0. The number of carbonyl (C=O) groups is 1. The number of nitrogens with one attached hydrogen (secondary N) is 1. The van der Waals surface area contributed by atoms with Gasteiger partial charge in [-0.2, -0.15) is 0 Å². The molecule has 1 aliphatic rings. The number of ether oxygens (including phenoxy) is 1. The summed E-state index contributed by atoms with van der Waals surface area (Å²) < 4.78 is 5.55. The summed E-state index contributed by atoms with van der Waals surface area (Å²) >= 11 is 0. The van der Waals surface area contributed by atoms with Crippen molar-refractivity contribution >= 4 is 11.7 Å². The predicted molar refractivity (Wildman–Crippen MR) is 39.5 cm³/mol. The number of amides is 1. The van der Waals surface area contributed by atoms with E-state index in [9.17, 15) is 10.0 Å². The predicted octanol–water partition coefficient (Wildman–Crippen LogP) is -0.349. The third-order valence-electron chi connectivity index (χ3n) is 1.54. The lowest BCUT2D eigenvalue weighted by Gasteiger charge is -2.15. The summed E-state index contributed by atoms with van der Waals surface area (Å²) in [5, 5.41) is 13.4. The van der Waals surface area contributed by atoms with E-state index in [4.69, 9.17) is 4.74 Å². The number of nitrogens with zero attached hydrogens (tertiary/aromatic N) is 1. The van der Waals surface area contributed by atoms with Gasteiger partial charge in [0.15, 0.2) is 6.61 Å². The highest BCUT2D eigenvalue weighted by Gasteiger charge is 2.23. The zero-order chi connectivity index (χ0) is 8.55. The lowest BCUT2D eigenvalue weighted by atomic mass is 10.4. The second-order valence-electron chi connectivity index (χ2n) is 2.38. The van der Waals surface area contributed by atoms with E-state index in [1.807, 2.05) is 0 Å². The van der Waals surface area contributed by atoms with Gasteiger partial charge in [0.1, 0.15) is 0 Å². The fourth-order valence-electron chi connectivity index (χ4n) is 1.02. The fourth-order valence-corrected chi connectivity index (χ4v) is 1.02. The summed E-state index contributed by atoms with van der Waals surface area (Å²) in [6.07, 6.45) is 1.30. The number of hydrogen-bond donors (Lipinski definition) is 1. The van der Waals surface area contributed by atoms with Gasteiger partial charge in [0, 0.05) is 0 Å². The van der Waals surface area contributed by atoms with E-state index in [-0.39, 0.29) is 18.3 Å². The molecule has 1 aromatic rings. The van der Waals surface area contributed by atoms with Crippen molar-refractivity contribution in [3.8, 4) is 5.75 Å². The third-order valence-corrected chi connectivity index (χ3v) is 1.54. The topological polar surface area (TPSA) is 65.3 Å². The number of rotatable bonds is 0. The second-order valence-corrected chi connectivity index (χ2v) is 2.38. The Bertz CT molecular complexity index is 337. The SMILES string of the molecule is O=C1COc2ccc[n+]([O-])c2N1. The molecule has 0 radical (unpaired) electrons. The van der Waals surface area contributed by atoms with Gasteiger partial charge in [-0.05, 0) is 12.1 Å². The molecule has 12 heavy (non-hydrogen) atoms. The summed E-state index contributed by atoms with van der Waals surface area (Å²) in [6, 6.07) is 3.19. The lowest BCUT2D eigenvalue weighted by Crippen LogP contribution is -2.37. The van der Waals surface area contributed by atoms with Crippen molar-refractivity contribution in [3.05, 3.63) is 23.5 Å². The van der Waals surface area contributed by atoms with Crippen molar-refractivity contribution in [2.75, 3.05) is 11.9 Å². The molecule has 0 spiro atoms. The van der Waals surface area contributed by atoms with Crippen molar-refractivity contribution < 1.29 is 14.3 Å². The molecule has 62 valence electrons. The van der Waals surface area contributed by atoms with Crippen molar-refractivity contribution in [1.29, 1.82) is 0 Å². The van der Waals surface area contributed by atoms with Gasteiger partial charge in [-0.1, -0.05) is 0 Å². The van der Waals surface area contributed by atoms with Gasteiger partial charge in [0.2, 0.25) is 5.75 Å². The molecular formula is C7H6N2O3. The summed E-state index contributed by atoms with van der Waals surface area (Å²) in [7, 11) is 0. The van der Waals surface area contributed by atoms with Crippen molar-refractivity contribution in [3.63, 3.8) is 0 Å². The number of pyridine rings is 1. The number of carbonyl (C=O) groups excluding carboxylic acids is 1. The molecule has 5 heteroatoms. The molecule has 2 heterocycles. The molecule has 1 amide bonds. The molecule has 0 bridgehead atoms. The zero-order valence-corrected chi connectivity index (χ0v) is 6.11. The molecule has 1 N–H and O–H groups in total. The van der Waals surface area contributed by atoms with Crippen LogP contribution in [0.25, 0.3) is 0 Å². The van der Waals surface area contributed by atoms with Crippen LogP contribution in [0.4, 0.5) is 5.82 Å². The van der Waals surface area contributed by atoms with Gasteiger partial charge in [0.05, 0.1) is 6.20 Å². The lowest BCUT2D eigenvalue weighted by molar-refractivity contribution is -0.590. The standard InChI is InChI=1S/C7H6N2O3/c10-6-4-12-5-2-1-3-9(11)7(5)8-6/h1-3H,4H2,(H,8,10). The first-order chi connectivity index (χ1) is 5.77. The maximum Gasteiger partial charge on any atom is 0.345 e. The van der Waals surface area contributed by atoms with Crippen LogP contribution in [0.3, 0.4) is 0 Å². The third kappa shape index (κ3) is 0.952. The van der Waals surface area contributed by atoms with E-state index >= 15 is 0 Å². The maximum absolute atomic E-state index is 11.0. The quantitative estimate of drug-likeness (QED) is 0.423. The van der Waals surface area contributed by atoms with E-state index in [0.717, 1.165) is 0 Å². The van der Waals surface area contributed by atoms with Crippen molar-refractivity contribution in [2.24, 2.45) is 0 Å². The Balaban J connectivity index is 2.50. The minimum atomic E-state index is -0.307. The first kappa shape index (κ1) is 6.90. The van der Waals surface area contributed by atoms with Gasteiger partial charge in [0.25, 0.3) is 0 Å². The van der Waals surface area contributed by atoms with Crippen LogP contribution in [0.2, 0.25) is 0 Å². The monoisotopic (exact) mass is 166 g/mol. The molecule has 2 rings (SSSR count). The molecule has 0 fully saturated rings. The Morgan fingerprint density at radius 2 is 2.50 bits per heavy atom. The van der Waals surface area contributed by atoms with E-state index in [1.165, 1.54) is 6.20 Å². The number of anilines is 1. The second kappa shape index (κ2) is 2.37. The first-order valence-electron chi connectivity index (χ1n) is 3.42. The average Bonchev–Trinajstić information content (AvgIpc) is 2.07. The van der Waals surface area contributed by atoms with Crippen LogP contribution >= 0.6 is 0 Å². The Kier molecular flexibility index (Phi) is 1.36. The van der Waals surface area contributed by atoms with Gasteiger partial charge in [-0.25, -0.2) is 14.8 Å². The highest BCUT2D eigenvalue weighted by atomic mass is 16.5. The van der Waals surface area contributed by atoms with Gasteiger partial charge < -0.3 is 9.94 Å². The molecule has 0 unspecified atom stereocenters. The minimum absolute atomic E-state index is 0.0307. The molecule has 0 atom stereocenters. The van der Waals surface area contributed by atoms with Gasteiger partial charge in [-0.3, -0.25) is 0 Å². The van der Waals surface area contributed by atoms with Crippen LogP contribution in [-0.2, 0) is 4.79 Å². The number of aromatic nitrogens is 1. The van der Waals surface area contributed by atoms with E-state index in [2.05, 4.69) is 5.32 Å². The fraction of sp³-hybridized carbons (Fsp3) is 0.143. The van der Waals surface area contributed by atoms with Crippen molar-refractivity contribution in [2.45, 2.75) is 0 Å². The molecule has 0 saturated carbocycles. The van der Waals surface area contributed by atoms with E-state index < -0.39 is 0 Å². The highest BCUT2D eigenvalue weighted by Crippen LogP contribution is 2.21. The normalized spacial score (nSPS) is 14.5. The summed E-state index contributed by atoms with van der Waals surface area (Å²) in [5.74, 6) is 0.263. The Morgan fingerprint density at radius 3 is 3.33 bits per heavy atom. The summed E-state index contributed by atoms with van der Waals surface area (Å²) in [5.41, 5.74) is 0. The first-order valence-corrected chi connectivity index (χ1v) is 3.42. The molecule has 1 aliphatic heterocycles. The van der Waals surface area contributed by atoms with Crippen LogP contribution in [0.1, 0.15) is 0 Å². The molecule has 0 aromatic carbocycles. The van der Waals surface area contributed by atoms with Crippen LogP contribution in [0.5, 0.6) is 5.75 Å². The van der Waals surface area contributed by atoms with E-state index in [0.29, 0.717) is 10.5 Å². The summed E-state index contributed by atoms with van der Waals surface area (Å²) in [4.78, 5) is 10.8. The molecular weight excluding hydrogens is 160 g/mol. The molecule has 0 aliphatic carbocycles. The molecule has 5 nitrogen and oxygen atoms in total. The molecule has 1 aromatic heterocycles. The molecule has 0 saturated heterocycles. The van der Waals surface area contributed by atoms with E-state index in [1.54, 1.807) is 12.1 Å². The van der Waals surface area contributed by atoms with Gasteiger partial charge in [-0.15, -0.1) is 0 Å². The zero-order valence-electron chi connectivity index (χ0n) is 6.11. The van der Waals surface area contributed by atoms with Crippen molar-refractivity contribution in [1.82, 2.24) is 0 Å². The highest BCUT2D eigenvalue weighted by molar-refractivity contribution is 5.93. The number of fused-ring (bicyclic) bond motifs is 1. The Labute approximate surface area is 68.2 Å². The van der Waals surface area contributed by atoms with Crippen LogP contribution < -0.4 is 14.8 Å². The summed E-state index contributed by atoms with van der Waals surface area (Å²) in [6.45, 7) is -0.0307. The van der Waals surface area contributed by atoms with Crippen LogP contribution in [-0.4, -0.2) is 12.5 Å². The largest absolute Gasteiger partial charge is 0.710 e. The average molecular weight is 166 g/mol. The Morgan fingerprint density at radius 1 is 1.67 bits per heavy atom. The van der Waals surface area contributed by atoms with Crippen LogP contribution in [0.15, 0.2) is 18.3 Å². The Hall–Kier alpha value is -1.78. The minimum Gasteiger partial charge on any atom is -0.710 e. The van der Waals surface area contributed by atoms with Gasteiger partial charge >= 0.3 is 11.7 Å². The smallest absolute Gasteiger partial charge is 0.345 e. The number of hydrogen-bond acceptors (Lipinski definition) is 3.